The molecule has 2 amide bonds. The number of rotatable bonds is 4. The molecular formula is C20H16ClFN4O2. The first-order chi connectivity index (χ1) is 13.4. The van der Waals surface area contributed by atoms with Crippen LogP contribution in [0.1, 0.15) is 18.2 Å². The Balaban J connectivity index is 1.57. The SMILES string of the molecule is Cc1nn2c(c1-c1ccc(F)cc1)NC(=O)C2CC(=O)Nc1ccc(Cl)cc1. The molecular weight excluding hydrogens is 383 g/mol. The Morgan fingerprint density at radius 2 is 1.89 bits per heavy atom. The number of halogens is 2. The summed E-state index contributed by atoms with van der Waals surface area (Å²) in [6.45, 7) is 1.81. The van der Waals surface area contributed by atoms with Crippen LogP contribution in [0.2, 0.25) is 5.02 Å². The second-order valence-electron chi connectivity index (χ2n) is 6.52. The molecule has 3 aromatic rings. The molecule has 4 rings (SSSR count). The molecule has 0 fully saturated rings. The van der Waals surface area contributed by atoms with Crippen molar-refractivity contribution >= 4 is 34.9 Å². The molecule has 0 saturated carbocycles. The number of hydrogen-bond donors (Lipinski definition) is 2. The molecule has 0 radical (unpaired) electrons. The number of carbonyl (C=O) groups is 2. The lowest BCUT2D eigenvalue weighted by Crippen LogP contribution is -2.23. The standard InChI is InChI=1S/C20H16ClFN4O2/c1-11-18(12-2-6-14(22)7-3-12)19-24-20(28)16(26(19)25-11)10-17(27)23-15-8-4-13(21)5-9-15/h2-9,16H,10H2,1H3,(H,23,27)(H,24,28). The van der Waals surface area contributed by atoms with E-state index in [0.717, 1.165) is 5.56 Å². The highest BCUT2D eigenvalue weighted by Gasteiger charge is 2.36. The fraction of sp³-hybridized carbons (Fsp3) is 0.150. The first-order valence-corrected chi connectivity index (χ1v) is 9.01. The molecule has 1 atom stereocenters. The van der Waals surface area contributed by atoms with E-state index in [-0.39, 0.29) is 24.1 Å². The van der Waals surface area contributed by atoms with Crippen molar-refractivity contribution in [1.29, 1.82) is 0 Å². The van der Waals surface area contributed by atoms with Gasteiger partial charge in [0.15, 0.2) is 0 Å². The Kier molecular flexibility index (Phi) is 4.60. The number of fused-ring (bicyclic) bond motifs is 1. The Labute approximate surface area is 165 Å². The normalized spacial score (nSPS) is 15.2. The van der Waals surface area contributed by atoms with Gasteiger partial charge in [-0.3, -0.25) is 9.59 Å². The number of benzene rings is 2. The summed E-state index contributed by atoms with van der Waals surface area (Å²) in [5, 5.41) is 10.5. The van der Waals surface area contributed by atoms with E-state index in [0.29, 0.717) is 27.8 Å². The third-order valence-electron chi connectivity index (χ3n) is 4.56. The van der Waals surface area contributed by atoms with Crippen LogP contribution in [0.3, 0.4) is 0 Å². The van der Waals surface area contributed by atoms with Crippen LogP contribution >= 0.6 is 11.6 Å². The lowest BCUT2D eigenvalue weighted by Gasteiger charge is -2.10. The molecule has 0 spiro atoms. The monoisotopic (exact) mass is 398 g/mol. The van der Waals surface area contributed by atoms with Crippen molar-refractivity contribution in [3.63, 3.8) is 0 Å². The molecule has 2 N–H and O–H groups in total. The lowest BCUT2D eigenvalue weighted by molar-refractivity contribution is -0.123. The number of aryl methyl sites for hydroxylation is 1. The predicted octanol–water partition coefficient (Wildman–Crippen LogP) is 4.17. The number of amides is 2. The minimum Gasteiger partial charge on any atom is -0.326 e. The number of anilines is 2. The number of carbonyl (C=O) groups excluding carboxylic acids is 2. The summed E-state index contributed by atoms with van der Waals surface area (Å²) < 4.78 is 14.8. The fourth-order valence-corrected chi connectivity index (χ4v) is 3.39. The molecule has 6 nitrogen and oxygen atoms in total. The summed E-state index contributed by atoms with van der Waals surface area (Å²) in [4.78, 5) is 24.8. The van der Waals surface area contributed by atoms with Gasteiger partial charge in [-0.25, -0.2) is 9.07 Å². The van der Waals surface area contributed by atoms with E-state index < -0.39 is 6.04 Å². The Morgan fingerprint density at radius 1 is 1.21 bits per heavy atom. The van der Waals surface area contributed by atoms with Crippen LogP contribution in [-0.2, 0) is 9.59 Å². The molecule has 1 aliphatic heterocycles. The van der Waals surface area contributed by atoms with Crippen molar-refractivity contribution in [2.24, 2.45) is 0 Å². The first-order valence-electron chi connectivity index (χ1n) is 8.63. The van der Waals surface area contributed by atoms with Gasteiger partial charge in [0.25, 0.3) is 5.91 Å². The smallest absolute Gasteiger partial charge is 0.251 e. The maximum atomic E-state index is 13.2. The van der Waals surface area contributed by atoms with Crippen LogP contribution < -0.4 is 10.6 Å². The summed E-state index contributed by atoms with van der Waals surface area (Å²) in [5.41, 5.74) is 2.74. The highest BCUT2D eigenvalue weighted by Crippen LogP contribution is 2.38. The summed E-state index contributed by atoms with van der Waals surface area (Å²) in [7, 11) is 0. The molecule has 0 aliphatic carbocycles. The zero-order valence-electron chi connectivity index (χ0n) is 14.9. The van der Waals surface area contributed by atoms with E-state index in [1.165, 1.54) is 16.8 Å². The van der Waals surface area contributed by atoms with Crippen molar-refractivity contribution in [2.45, 2.75) is 19.4 Å². The second kappa shape index (κ2) is 7.09. The summed E-state index contributed by atoms with van der Waals surface area (Å²) in [5.74, 6) is -0.451. The van der Waals surface area contributed by atoms with Crippen molar-refractivity contribution in [3.05, 3.63) is 65.1 Å². The van der Waals surface area contributed by atoms with Gasteiger partial charge in [0.2, 0.25) is 5.91 Å². The average molecular weight is 399 g/mol. The van der Waals surface area contributed by atoms with Gasteiger partial charge in [-0.05, 0) is 48.9 Å². The van der Waals surface area contributed by atoms with Gasteiger partial charge in [-0.15, -0.1) is 0 Å². The van der Waals surface area contributed by atoms with Crippen LogP contribution in [0.5, 0.6) is 0 Å². The van der Waals surface area contributed by atoms with E-state index in [9.17, 15) is 14.0 Å². The number of aromatic nitrogens is 2. The Hall–Kier alpha value is -3.19. The zero-order valence-corrected chi connectivity index (χ0v) is 15.6. The minimum absolute atomic E-state index is 0.0641. The Morgan fingerprint density at radius 3 is 2.57 bits per heavy atom. The number of nitrogens with zero attached hydrogens (tertiary/aromatic N) is 2. The minimum atomic E-state index is -0.754. The molecule has 2 heterocycles. The van der Waals surface area contributed by atoms with Gasteiger partial charge in [-0.1, -0.05) is 23.7 Å². The largest absolute Gasteiger partial charge is 0.326 e. The summed E-state index contributed by atoms with van der Waals surface area (Å²) in [6, 6.07) is 11.9. The van der Waals surface area contributed by atoms with Gasteiger partial charge in [0.1, 0.15) is 17.7 Å². The average Bonchev–Trinajstić information content (AvgIpc) is 3.12. The van der Waals surface area contributed by atoms with Gasteiger partial charge in [0, 0.05) is 16.3 Å². The van der Waals surface area contributed by atoms with E-state index in [1.54, 1.807) is 43.3 Å². The quantitative estimate of drug-likeness (QED) is 0.692. The highest BCUT2D eigenvalue weighted by molar-refractivity contribution is 6.30. The Bertz CT molecular complexity index is 1060. The highest BCUT2D eigenvalue weighted by atomic mass is 35.5. The molecule has 1 unspecified atom stereocenters. The predicted molar refractivity (Wildman–Crippen MR) is 105 cm³/mol. The third-order valence-corrected chi connectivity index (χ3v) is 4.82. The van der Waals surface area contributed by atoms with Crippen LogP contribution in [0.25, 0.3) is 11.1 Å². The molecule has 8 heteroatoms. The topological polar surface area (TPSA) is 76.0 Å². The molecule has 2 aromatic carbocycles. The zero-order chi connectivity index (χ0) is 19.8. The van der Waals surface area contributed by atoms with Crippen LogP contribution in [-0.4, -0.2) is 21.6 Å². The van der Waals surface area contributed by atoms with Gasteiger partial charge in [-0.2, -0.15) is 5.10 Å². The maximum Gasteiger partial charge on any atom is 0.251 e. The molecule has 1 aliphatic rings. The third kappa shape index (κ3) is 3.36. The van der Waals surface area contributed by atoms with E-state index in [4.69, 9.17) is 11.6 Å². The van der Waals surface area contributed by atoms with Crippen LogP contribution in [0.4, 0.5) is 15.9 Å². The lowest BCUT2D eigenvalue weighted by atomic mass is 10.1. The van der Waals surface area contributed by atoms with Gasteiger partial charge >= 0.3 is 0 Å². The van der Waals surface area contributed by atoms with E-state index in [1.807, 2.05) is 0 Å². The van der Waals surface area contributed by atoms with E-state index >= 15 is 0 Å². The molecule has 1 aromatic heterocycles. The van der Waals surface area contributed by atoms with Crippen LogP contribution in [0, 0.1) is 12.7 Å². The molecule has 28 heavy (non-hydrogen) atoms. The second-order valence-corrected chi connectivity index (χ2v) is 6.96. The molecule has 142 valence electrons. The molecule has 0 saturated heterocycles. The van der Waals surface area contributed by atoms with Crippen molar-refractivity contribution in [1.82, 2.24) is 9.78 Å². The van der Waals surface area contributed by atoms with Crippen molar-refractivity contribution < 1.29 is 14.0 Å². The summed E-state index contributed by atoms with van der Waals surface area (Å²) in [6.07, 6.45) is -0.0641. The maximum absolute atomic E-state index is 13.2. The number of nitrogens with one attached hydrogen (secondary N) is 2. The van der Waals surface area contributed by atoms with Gasteiger partial charge < -0.3 is 10.6 Å². The first kappa shape index (κ1) is 18.2. The van der Waals surface area contributed by atoms with E-state index in [2.05, 4.69) is 15.7 Å². The van der Waals surface area contributed by atoms with Crippen molar-refractivity contribution in [3.8, 4) is 11.1 Å². The van der Waals surface area contributed by atoms with Crippen molar-refractivity contribution in [2.75, 3.05) is 10.6 Å². The number of hydrogen-bond acceptors (Lipinski definition) is 3. The summed E-state index contributed by atoms with van der Waals surface area (Å²) >= 11 is 5.84. The van der Waals surface area contributed by atoms with Crippen LogP contribution in [0.15, 0.2) is 48.5 Å². The molecule has 0 bridgehead atoms. The fourth-order valence-electron chi connectivity index (χ4n) is 3.27. The van der Waals surface area contributed by atoms with Gasteiger partial charge in [0.05, 0.1) is 12.1 Å².